The Balaban J connectivity index is 1.39. The number of hydrogen-bond donors (Lipinski definition) is 1. The Morgan fingerprint density at radius 2 is 1.61 bits per heavy atom. The zero-order valence-electron chi connectivity index (χ0n) is 19.4. The van der Waals surface area contributed by atoms with Gasteiger partial charge in [0.15, 0.2) is 0 Å². The molecule has 1 aliphatic rings. The molecule has 0 aliphatic carbocycles. The number of benzene rings is 1. The minimum absolute atomic E-state index is 0.107. The maximum atomic E-state index is 13.5. The van der Waals surface area contributed by atoms with E-state index in [1.807, 2.05) is 55.4 Å². The fourth-order valence-electron chi connectivity index (χ4n) is 4.25. The zero-order chi connectivity index (χ0) is 23.0. The summed E-state index contributed by atoms with van der Waals surface area (Å²) in [6, 6.07) is 15.8. The predicted molar refractivity (Wildman–Crippen MR) is 130 cm³/mol. The SMILES string of the molecule is Cc1cc(C)nc(NC(Cc2ccccc2)C(=O)N2CCN(CCc3ccncc3)CC2)n1. The second kappa shape index (κ2) is 11.0. The molecule has 172 valence electrons. The zero-order valence-corrected chi connectivity index (χ0v) is 19.4. The molecule has 1 fully saturated rings. The second-order valence-corrected chi connectivity index (χ2v) is 8.63. The van der Waals surface area contributed by atoms with E-state index in [4.69, 9.17) is 0 Å². The first-order valence-electron chi connectivity index (χ1n) is 11.6. The van der Waals surface area contributed by atoms with E-state index in [1.54, 1.807) is 0 Å². The molecule has 1 saturated heterocycles. The first-order valence-corrected chi connectivity index (χ1v) is 11.6. The van der Waals surface area contributed by atoms with Crippen molar-refractivity contribution in [3.05, 3.63) is 83.4 Å². The third-order valence-corrected chi connectivity index (χ3v) is 6.02. The number of nitrogens with zero attached hydrogens (tertiary/aromatic N) is 5. The van der Waals surface area contributed by atoms with Crippen molar-refractivity contribution in [3.63, 3.8) is 0 Å². The van der Waals surface area contributed by atoms with E-state index >= 15 is 0 Å². The van der Waals surface area contributed by atoms with Crippen LogP contribution in [-0.2, 0) is 17.6 Å². The number of amides is 1. The van der Waals surface area contributed by atoms with Crippen LogP contribution in [0.3, 0.4) is 0 Å². The van der Waals surface area contributed by atoms with Crippen molar-refractivity contribution in [1.29, 1.82) is 0 Å². The Kier molecular flexibility index (Phi) is 7.62. The van der Waals surface area contributed by atoms with Gasteiger partial charge < -0.3 is 10.2 Å². The number of carbonyl (C=O) groups excluding carboxylic acids is 1. The third-order valence-electron chi connectivity index (χ3n) is 6.02. The Morgan fingerprint density at radius 1 is 0.939 bits per heavy atom. The lowest BCUT2D eigenvalue weighted by Crippen LogP contribution is -2.53. The Bertz CT molecular complexity index is 1010. The molecular formula is C26H32N6O. The fraction of sp³-hybridized carbons (Fsp3) is 0.385. The van der Waals surface area contributed by atoms with E-state index < -0.39 is 6.04 Å². The summed E-state index contributed by atoms with van der Waals surface area (Å²) in [5, 5.41) is 3.33. The summed E-state index contributed by atoms with van der Waals surface area (Å²) < 4.78 is 0. The monoisotopic (exact) mass is 444 g/mol. The lowest BCUT2D eigenvalue weighted by Gasteiger charge is -2.36. The van der Waals surface area contributed by atoms with Gasteiger partial charge in [-0.1, -0.05) is 30.3 Å². The normalized spacial score (nSPS) is 15.3. The Hall–Kier alpha value is -3.32. The maximum Gasteiger partial charge on any atom is 0.245 e. The van der Waals surface area contributed by atoms with Crippen LogP contribution in [-0.4, -0.2) is 69.4 Å². The van der Waals surface area contributed by atoms with Gasteiger partial charge in [0.25, 0.3) is 0 Å². The number of hydrogen-bond acceptors (Lipinski definition) is 6. The number of anilines is 1. The van der Waals surface area contributed by atoms with Crippen LogP contribution in [0, 0.1) is 13.8 Å². The van der Waals surface area contributed by atoms with Crippen LogP contribution in [0.2, 0.25) is 0 Å². The molecule has 0 bridgehead atoms. The molecule has 0 saturated carbocycles. The van der Waals surface area contributed by atoms with E-state index in [9.17, 15) is 4.79 Å². The summed E-state index contributed by atoms with van der Waals surface area (Å²) >= 11 is 0. The van der Waals surface area contributed by atoms with Crippen molar-refractivity contribution in [3.8, 4) is 0 Å². The summed E-state index contributed by atoms with van der Waals surface area (Å²) in [5.41, 5.74) is 4.19. The Labute approximate surface area is 195 Å². The topological polar surface area (TPSA) is 74.2 Å². The summed E-state index contributed by atoms with van der Waals surface area (Å²) in [6.45, 7) is 8.11. The number of nitrogens with one attached hydrogen (secondary N) is 1. The number of pyridine rings is 1. The molecule has 1 amide bonds. The van der Waals surface area contributed by atoms with Crippen molar-refractivity contribution < 1.29 is 4.79 Å². The standard InChI is InChI=1S/C26H32N6O/c1-20-18-21(2)29-26(28-20)30-24(19-23-6-4-3-5-7-23)25(33)32-16-14-31(15-17-32)13-10-22-8-11-27-12-9-22/h3-9,11-12,18,24H,10,13-17,19H2,1-2H3,(H,28,29,30). The van der Waals surface area contributed by atoms with E-state index in [0.29, 0.717) is 12.4 Å². The highest BCUT2D eigenvalue weighted by Gasteiger charge is 2.28. The van der Waals surface area contributed by atoms with Crippen molar-refractivity contribution >= 4 is 11.9 Å². The van der Waals surface area contributed by atoms with Gasteiger partial charge in [0, 0.05) is 62.9 Å². The van der Waals surface area contributed by atoms with E-state index in [2.05, 4.69) is 49.4 Å². The highest BCUT2D eigenvalue weighted by molar-refractivity contribution is 5.84. The minimum atomic E-state index is -0.406. The molecule has 0 spiro atoms. The fourth-order valence-corrected chi connectivity index (χ4v) is 4.25. The molecular weight excluding hydrogens is 412 g/mol. The first-order chi connectivity index (χ1) is 16.1. The molecule has 3 heterocycles. The highest BCUT2D eigenvalue weighted by atomic mass is 16.2. The lowest BCUT2D eigenvalue weighted by atomic mass is 10.0. The number of aryl methyl sites for hydroxylation is 2. The van der Waals surface area contributed by atoms with Gasteiger partial charge in [-0.15, -0.1) is 0 Å². The van der Waals surface area contributed by atoms with E-state index in [0.717, 1.165) is 56.1 Å². The molecule has 1 aromatic carbocycles. The van der Waals surface area contributed by atoms with Gasteiger partial charge in [0.1, 0.15) is 6.04 Å². The van der Waals surface area contributed by atoms with Gasteiger partial charge in [-0.05, 0) is 49.6 Å². The van der Waals surface area contributed by atoms with Crippen molar-refractivity contribution in [2.45, 2.75) is 32.7 Å². The molecule has 1 atom stereocenters. The quantitative estimate of drug-likeness (QED) is 0.576. The van der Waals surface area contributed by atoms with Crippen molar-refractivity contribution in [2.75, 3.05) is 38.0 Å². The van der Waals surface area contributed by atoms with E-state index in [1.165, 1.54) is 5.56 Å². The van der Waals surface area contributed by atoms with Crippen LogP contribution in [0.25, 0.3) is 0 Å². The van der Waals surface area contributed by atoms with Crippen LogP contribution in [0.5, 0.6) is 0 Å². The van der Waals surface area contributed by atoms with Gasteiger partial charge in [-0.25, -0.2) is 9.97 Å². The summed E-state index contributed by atoms with van der Waals surface area (Å²) in [4.78, 5) is 31.0. The molecule has 1 aliphatic heterocycles. The lowest BCUT2D eigenvalue weighted by molar-refractivity contribution is -0.133. The average Bonchev–Trinajstić information content (AvgIpc) is 2.83. The molecule has 2 aromatic heterocycles. The maximum absolute atomic E-state index is 13.5. The molecule has 33 heavy (non-hydrogen) atoms. The molecule has 0 radical (unpaired) electrons. The minimum Gasteiger partial charge on any atom is -0.342 e. The van der Waals surface area contributed by atoms with Crippen molar-refractivity contribution in [1.82, 2.24) is 24.8 Å². The summed E-state index contributed by atoms with van der Waals surface area (Å²) in [5.74, 6) is 0.619. The smallest absolute Gasteiger partial charge is 0.245 e. The van der Waals surface area contributed by atoms with Gasteiger partial charge in [-0.2, -0.15) is 0 Å². The highest BCUT2D eigenvalue weighted by Crippen LogP contribution is 2.14. The van der Waals surface area contributed by atoms with Crippen LogP contribution in [0.4, 0.5) is 5.95 Å². The summed E-state index contributed by atoms with van der Waals surface area (Å²) in [7, 11) is 0. The number of aromatic nitrogens is 3. The van der Waals surface area contributed by atoms with Crippen LogP contribution in [0.1, 0.15) is 22.5 Å². The number of piperazine rings is 1. The van der Waals surface area contributed by atoms with Gasteiger partial charge >= 0.3 is 0 Å². The number of rotatable bonds is 8. The van der Waals surface area contributed by atoms with Crippen LogP contribution in [0.15, 0.2) is 60.9 Å². The van der Waals surface area contributed by atoms with Crippen LogP contribution >= 0.6 is 0 Å². The van der Waals surface area contributed by atoms with Crippen LogP contribution < -0.4 is 5.32 Å². The molecule has 7 nitrogen and oxygen atoms in total. The molecule has 1 N–H and O–H groups in total. The molecule has 3 aromatic rings. The number of carbonyl (C=O) groups is 1. The van der Waals surface area contributed by atoms with E-state index in [-0.39, 0.29) is 5.91 Å². The van der Waals surface area contributed by atoms with Gasteiger partial charge in [0.05, 0.1) is 0 Å². The van der Waals surface area contributed by atoms with Gasteiger partial charge in [0.2, 0.25) is 11.9 Å². The van der Waals surface area contributed by atoms with Gasteiger partial charge in [-0.3, -0.25) is 14.7 Å². The first kappa shape index (κ1) is 22.9. The third kappa shape index (κ3) is 6.58. The Morgan fingerprint density at radius 3 is 2.27 bits per heavy atom. The molecule has 1 unspecified atom stereocenters. The largest absolute Gasteiger partial charge is 0.342 e. The average molecular weight is 445 g/mol. The van der Waals surface area contributed by atoms with Crippen molar-refractivity contribution in [2.24, 2.45) is 0 Å². The molecule has 4 rings (SSSR count). The predicted octanol–water partition coefficient (Wildman–Crippen LogP) is 2.90. The second-order valence-electron chi connectivity index (χ2n) is 8.63. The summed E-state index contributed by atoms with van der Waals surface area (Å²) in [6.07, 6.45) is 5.27. The molecule has 7 heteroatoms.